The van der Waals surface area contributed by atoms with Gasteiger partial charge in [0.2, 0.25) is 11.8 Å². The summed E-state index contributed by atoms with van der Waals surface area (Å²) in [4.78, 5) is 40.4. The SMILES string of the molecule is O=C1CCC(N2Cc3ccc(CN4CC5=C(CNC5)C4)cc3C2=O)C(=O)N1. The van der Waals surface area contributed by atoms with Crippen molar-refractivity contribution in [2.75, 3.05) is 26.2 Å². The number of fused-ring (bicyclic) bond motifs is 1. The molecule has 140 valence electrons. The molecule has 7 nitrogen and oxygen atoms in total. The van der Waals surface area contributed by atoms with Crippen molar-refractivity contribution in [3.05, 3.63) is 46.0 Å². The van der Waals surface area contributed by atoms with E-state index in [0.29, 0.717) is 18.5 Å². The van der Waals surface area contributed by atoms with Crippen LogP contribution in [0.3, 0.4) is 0 Å². The van der Waals surface area contributed by atoms with Crippen molar-refractivity contribution < 1.29 is 14.4 Å². The van der Waals surface area contributed by atoms with E-state index in [9.17, 15) is 14.4 Å². The molecule has 0 aliphatic carbocycles. The van der Waals surface area contributed by atoms with Crippen LogP contribution in [-0.4, -0.2) is 59.7 Å². The summed E-state index contributed by atoms with van der Waals surface area (Å²) in [7, 11) is 0. The van der Waals surface area contributed by atoms with Crippen LogP contribution in [0.2, 0.25) is 0 Å². The van der Waals surface area contributed by atoms with Crippen LogP contribution >= 0.6 is 0 Å². The third kappa shape index (κ3) is 2.87. The Kier molecular flexibility index (Phi) is 3.87. The lowest BCUT2D eigenvalue weighted by molar-refractivity contribution is -0.136. The summed E-state index contributed by atoms with van der Waals surface area (Å²) in [5, 5.41) is 5.73. The topological polar surface area (TPSA) is 81.8 Å². The summed E-state index contributed by atoms with van der Waals surface area (Å²) in [6.07, 6.45) is 0.680. The number of hydrogen-bond acceptors (Lipinski definition) is 5. The predicted molar refractivity (Wildman–Crippen MR) is 97.7 cm³/mol. The summed E-state index contributed by atoms with van der Waals surface area (Å²) in [5.74, 6) is -0.726. The van der Waals surface area contributed by atoms with Gasteiger partial charge in [-0.15, -0.1) is 0 Å². The molecular formula is C20H22N4O3. The van der Waals surface area contributed by atoms with Gasteiger partial charge in [-0.2, -0.15) is 0 Å². The molecule has 4 aliphatic rings. The summed E-state index contributed by atoms with van der Waals surface area (Å²) in [6, 6.07) is 5.52. The molecule has 1 aromatic rings. The van der Waals surface area contributed by atoms with E-state index < -0.39 is 6.04 Å². The zero-order chi connectivity index (χ0) is 18.5. The van der Waals surface area contributed by atoms with Crippen LogP contribution in [0.15, 0.2) is 29.3 Å². The Balaban J connectivity index is 1.30. The van der Waals surface area contributed by atoms with Crippen LogP contribution in [0.1, 0.15) is 34.3 Å². The lowest BCUT2D eigenvalue weighted by Crippen LogP contribution is -2.52. The highest BCUT2D eigenvalue weighted by Gasteiger charge is 2.39. The van der Waals surface area contributed by atoms with Crippen molar-refractivity contribution in [1.82, 2.24) is 20.4 Å². The average Bonchev–Trinajstić information content (AvgIpc) is 3.30. The van der Waals surface area contributed by atoms with E-state index in [1.54, 1.807) is 4.90 Å². The largest absolute Gasteiger partial charge is 0.322 e. The fraction of sp³-hybridized carbons (Fsp3) is 0.450. The standard InChI is InChI=1S/C20H22N4O3/c25-18-4-3-17(19(26)22-18)24-11-13-2-1-12(5-16(13)20(24)27)8-23-9-14-6-21-7-15(14)10-23/h1-2,5,17,21H,3-4,6-11H2,(H,22,25,26). The van der Waals surface area contributed by atoms with Gasteiger partial charge in [-0.1, -0.05) is 12.1 Å². The van der Waals surface area contributed by atoms with Gasteiger partial charge in [0, 0.05) is 51.3 Å². The minimum atomic E-state index is -0.552. The second-order valence-electron chi connectivity index (χ2n) is 7.85. The first-order valence-electron chi connectivity index (χ1n) is 9.48. The van der Waals surface area contributed by atoms with Crippen molar-refractivity contribution in [3.63, 3.8) is 0 Å². The first-order chi connectivity index (χ1) is 13.1. The quantitative estimate of drug-likeness (QED) is 0.588. The molecule has 1 aromatic carbocycles. The van der Waals surface area contributed by atoms with Gasteiger partial charge < -0.3 is 10.2 Å². The minimum Gasteiger partial charge on any atom is -0.322 e. The maximum absolute atomic E-state index is 12.9. The number of carbonyl (C=O) groups excluding carboxylic acids is 3. The van der Waals surface area contributed by atoms with E-state index in [1.807, 2.05) is 12.1 Å². The van der Waals surface area contributed by atoms with Crippen LogP contribution in [0, 0.1) is 0 Å². The molecule has 1 unspecified atom stereocenters. The van der Waals surface area contributed by atoms with Gasteiger partial charge in [-0.25, -0.2) is 0 Å². The lowest BCUT2D eigenvalue weighted by atomic mass is 10.0. The Labute approximate surface area is 157 Å². The molecule has 0 aromatic heterocycles. The Hall–Kier alpha value is -2.51. The molecule has 1 fully saturated rings. The molecule has 0 radical (unpaired) electrons. The van der Waals surface area contributed by atoms with Gasteiger partial charge in [0.15, 0.2) is 0 Å². The Morgan fingerprint density at radius 2 is 1.81 bits per heavy atom. The van der Waals surface area contributed by atoms with E-state index >= 15 is 0 Å². The monoisotopic (exact) mass is 366 g/mol. The molecule has 0 bridgehead atoms. The van der Waals surface area contributed by atoms with Crippen LogP contribution in [0.25, 0.3) is 0 Å². The van der Waals surface area contributed by atoms with Crippen molar-refractivity contribution in [3.8, 4) is 0 Å². The van der Waals surface area contributed by atoms with E-state index in [2.05, 4.69) is 21.6 Å². The fourth-order valence-electron chi connectivity index (χ4n) is 4.62. The second-order valence-corrected chi connectivity index (χ2v) is 7.85. The molecule has 7 heteroatoms. The molecule has 4 aliphatic heterocycles. The third-order valence-electron chi connectivity index (χ3n) is 6.00. The third-order valence-corrected chi connectivity index (χ3v) is 6.00. The highest BCUT2D eigenvalue weighted by atomic mass is 16.2. The van der Waals surface area contributed by atoms with Crippen molar-refractivity contribution >= 4 is 17.7 Å². The maximum Gasteiger partial charge on any atom is 0.255 e. The molecule has 5 rings (SSSR count). The van der Waals surface area contributed by atoms with Crippen molar-refractivity contribution in [1.29, 1.82) is 0 Å². The van der Waals surface area contributed by atoms with Gasteiger partial charge in [0.05, 0.1) is 0 Å². The summed E-state index contributed by atoms with van der Waals surface area (Å²) < 4.78 is 0. The number of carbonyl (C=O) groups is 3. The first-order valence-corrected chi connectivity index (χ1v) is 9.48. The molecule has 27 heavy (non-hydrogen) atoms. The minimum absolute atomic E-state index is 0.104. The number of imide groups is 1. The highest BCUT2D eigenvalue weighted by Crippen LogP contribution is 2.29. The van der Waals surface area contributed by atoms with Crippen molar-refractivity contribution in [2.45, 2.75) is 32.0 Å². The van der Waals surface area contributed by atoms with Gasteiger partial charge >= 0.3 is 0 Å². The average molecular weight is 366 g/mol. The smallest absolute Gasteiger partial charge is 0.255 e. The van der Waals surface area contributed by atoms with E-state index in [4.69, 9.17) is 0 Å². The number of benzene rings is 1. The number of piperidine rings is 1. The van der Waals surface area contributed by atoms with Gasteiger partial charge in [0.25, 0.3) is 5.91 Å². The first kappa shape index (κ1) is 16.6. The zero-order valence-corrected chi connectivity index (χ0v) is 15.1. The van der Waals surface area contributed by atoms with Gasteiger partial charge in [-0.05, 0) is 34.8 Å². The number of amides is 3. The number of rotatable bonds is 3. The number of hydrogen-bond donors (Lipinski definition) is 2. The maximum atomic E-state index is 12.9. The highest BCUT2D eigenvalue weighted by molar-refractivity contribution is 6.05. The Morgan fingerprint density at radius 1 is 1.04 bits per heavy atom. The molecule has 0 spiro atoms. The number of nitrogens with zero attached hydrogens (tertiary/aromatic N) is 2. The lowest BCUT2D eigenvalue weighted by Gasteiger charge is -2.29. The molecule has 1 saturated heterocycles. The molecule has 1 atom stereocenters. The normalized spacial score (nSPS) is 25.3. The zero-order valence-electron chi connectivity index (χ0n) is 15.1. The van der Waals surface area contributed by atoms with Crippen LogP contribution < -0.4 is 10.6 Å². The van der Waals surface area contributed by atoms with E-state index in [0.717, 1.165) is 43.9 Å². The summed E-state index contributed by atoms with van der Waals surface area (Å²) in [6.45, 7) is 5.24. The second kappa shape index (κ2) is 6.28. The molecular weight excluding hydrogens is 344 g/mol. The Morgan fingerprint density at radius 3 is 2.56 bits per heavy atom. The summed E-state index contributed by atoms with van der Waals surface area (Å²) in [5.41, 5.74) is 5.80. The fourth-order valence-corrected chi connectivity index (χ4v) is 4.62. The van der Waals surface area contributed by atoms with Gasteiger partial charge in [0.1, 0.15) is 6.04 Å². The number of nitrogens with one attached hydrogen (secondary N) is 2. The van der Waals surface area contributed by atoms with Crippen molar-refractivity contribution in [2.24, 2.45) is 0 Å². The molecule has 4 heterocycles. The molecule has 0 saturated carbocycles. The van der Waals surface area contributed by atoms with E-state index in [-0.39, 0.29) is 24.1 Å². The predicted octanol–water partition coefficient (Wildman–Crippen LogP) is 0.163. The molecule has 2 N–H and O–H groups in total. The Bertz CT molecular complexity index is 875. The summed E-state index contributed by atoms with van der Waals surface area (Å²) >= 11 is 0. The van der Waals surface area contributed by atoms with Crippen LogP contribution in [-0.2, 0) is 22.7 Å². The van der Waals surface area contributed by atoms with Crippen LogP contribution in [0.4, 0.5) is 0 Å². The molecule has 3 amide bonds. The van der Waals surface area contributed by atoms with E-state index in [1.165, 1.54) is 11.1 Å². The van der Waals surface area contributed by atoms with Crippen LogP contribution in [0.5, 0.6) is 0 Å². The van der Waals surface area contributed by atoms with Gasteiger partial charge in [-0.3, -0.25) is 24.6 Å².